The van der Waals surface area contributed by atoms with E-state index in [0.29, 0.717) is 12.0 Å². The highest BCUT2D eigenvalue weighted by molar-refractivity contribution is 4.71. The van der Waals surface area contributed by atoms with E-state index >= 15 is 0 Å². The molecular weight excluding hydrogens is 200 g/mol. The monoisotopic (exact) mass is 228 g/mol. The smallest absolute Gasteiger partial charge is 0.158 e. The first kappa shape index (κ1) is 14.0. The highest BCUT2D eigenvalue weighted by atomic mass is 16.7. The molecule has 1 aliphatic heterocycles. The fraction of sp³-hybridized carbons (Fsp3) is 1.00. The Morgan fingerprint density at radius 2 is 1.88 bits per heavy atom. The molecule has 0 radical (unpaired) electrons. The summed E-state index contributed by atoms with van der Waals surface area (Å²) in [5.74, 6) is 2.07. The van der Waals surface area contributed by atoms with E-state index in [1.165, 1.54) is 12.8 Å². The average molecular weight is 228 g/mol. The summed E-state index contributed by atoms with van der Waals surface area (Å²) in [7, 11) is 0. The predicted octanol–water partition coefficient (Wildman–Crippen LogP) is 3.85. The summed E-state index contributed by atoms with van der Waals surface area (Å²) in [6.45, 7) is 11.9. The Hall–Kier alpha value is -0.0800. The lowest BCUT2D eigenvalue weighted by molar-refractivity contribution is -0.172. The number of hydrogen-bond donors (Lipinski definition) is 0. The van der Waals surface area contributed by atoms with E-state index in [1.54, 1.807) is 0 Å². The van der Waals surface area contributed by atoms with Gasteiger partial charge in [0.05, 0.1) is 12.7 Å². The van der Waals surface area contributed by atoms with Gasteiger partial charge in [0, 0.05) is 6.42 Å². The molecule has 1 fully saturated rings. The second kappa shape index (κ2) is 6.61. The summed E-state index contributed by atoms with van der Waals surface area (Å²) in [5.41, 5.74) is 0. The Kier molecular flexibility index (Phi) is 5.77. The standard InChI is InChI=1S/C14H28O2/c1-10(2)9-15-14-8-13(11(3)4)7-6-12(5)16-14/h10-14H,6-9H2,1-5H3/t12?,13?,14-/m1/s1. The van der Waals surface area contributed by atoms with Gasteiger partial charge in [-0.05, 0) is 37.5 Å². The van der Waals surface area contributed by atoms with Gasteiger partial charge in [0.1, 0.15) is 0 Å². The Morgan fingerprint density at radius 3 is 2.44 bits per heavy atom. The third-order valence-electron chi connectivity index (χ3n) is 3.38. The lowest BCUT2D eigenvalue weighted by Gasteiger charge is -2.24. The lowest BCUT2D eigenvalue weighted by Crippen LogP contribution is -2.24. The van der Waals surface area contributed by atoms with E-state index < -0.39 is 0 Å². The third-order valence-corrected chi connectivity index (χ3v) is 3.38. The van der Waals surface area contributed by atoms with Crippen molar-refractivity contribution in [1.82, 2.24) is 0 Å². The normalized spacial score (nSPS) is 32.1. The minimum absolute atomic E-state index is 0.0206. The second-order valence-corrected chi connectivity index (χ2v) is 5.92. The number of rotatable bonds is 4. The van der Waals surface area contributed by atoms with Gasteiger partial charge < -0.3 is 9.47 Å². The Bertz CT molecular complexity index is 189. The Balaban J connectivity index is 2.46. The van der Waals surface area contributed by atoms with Crippen LogP contribution in [0.15, 0.2) is 0 Å². The number of ether oxygens (including phenoxy) is 2. The van der Waals surface area contributed by atoms with Crippen LogP contribution in [0.5, 0.6) is 0 Å². The first-order valence-electron chi connectivity index (χ1n) is 6.76. The summed E-state index contributed by atoms with van der Waals surface area (Å²) in [6.07, 6.45) is 3.88. The van der Waals surface area contributed by atoms with E-state index in [2.05, 4.69) is 34.6 Å². The molecule has 1 saturated heterocycles. The maximum Gasteiger partial charge on any atom is 0.158 e. The van der Waals surface area contributed by atoms with Crippen molar-refractivity contribution in [3.05, 3.63) is 0 Å². The first-order chi connectivity index (χ1) is 7.49. The van der Waals surface area contributed by atoms with E-state index in [9.17, 15) is 0 Å². The molecule has 1 rings (SSSR count). The molecule has 0 aromatic heterocycles. The third kappa shape index (κ3) is 4.84. The average Bonchev–Trinajstić information content (AvgIpc) is 2.37. The van der Waals surface area contributed by atoms with Crippen LogP contribution in [0.2, 0.25) is 0 Å². The zero-order chi connectivity index (χ0) is 12.1. The summed E-state index contributed by atoms with van der Waals surface area (Å²) < 4.78 is 11.8. The summed E-state index contributed by atoms with van der Waals surface area (Å²) in [4.78, 5) is 0. The molecule has 0 spiro atoms. The molecule has 0 aliphatic carbocycles. The van der Waals surface area contributed by atoms with Gasteiger partial charge in [-0.2, -0.15) is 0 Å². The van der Waals surface area contributed by atoms with Gasteiger partial charge in [0.15, 0.2) is 6.29 Å². The zero-order valence-electron chi connectivity index (χ0n) is 11.5. The van der Waals surface area contributed by atoms with E-state index in [1.807, 2.05) is 0 Å². The highest BCUT2D eigenvalue weighted by Gasteiger charge is 2.26. The van der Waals surface area contributed by atoms with Crippen molar-refractivity contribution in [2.45, 2.75) is 66.3 Å². The van der Waals surface area contributed by atoms with Gasteiger partial charge in [-0.25, -0.2) is 0 Å². The van der Waals surface area contributed by atoms with E-state index in [0.717, 1.165) is 24.9 Å². The molecule has 2 nitrogen and oxygen atoms in total. The topological polar surface area (TPSA) is 18.5 Å². The van der Waals surface area contributed by atoms with Crippen LogP contribution in [0.25, 0.3) is 0 Å². The van der Waals surface area contributed by atoms with E-state index in [4.69, 9.17) is 9.47 Å². The fourth-order valence-electron chi connectivity index (χ4n) is 2.21. The fourth-order valence-corrected chi connectivity index (χ4v) is 2.21. The van der Waals surface area contributed by atoms with Crippen molar-refractivity contribution < 1.29 is 9.47 Å². The van der Waals surface area contributed by atoms with Crippen LogP contribution in [0.4, 0.5) is 0 Å². The van der Waals surface area contributed by atoms with Gasteiger partial charge in [0.25, 0.3) is 0 Å². The quantitative estimate of drug-likeness (QED) is 0.727. The molecular formula is C14H28O2. The summed E-state index contributed by atoms with van der Waals surface area (Å²) in [6, 6.07) is 0. The highest BCUT2D eigenvalue weighted by Crippen LogP contribution is 2.29. The molecule has 96 valence electrons. The molecule has 0 aromatic carbocycles. The minimum atomic E-state index is 0.0206. The van der Waals surface area contributed by atoms with Crippen molar-refractivity contribution in [3.8, 4) is 0 Å². The lowest BCUT2D eigenvalue weighted by atomic mass is 9.88. The van der Waals surface area contributed by atoms with Crippen LogP contribution in [0.1, 0.15) is 53.9 Å². The molecule has 0 aromatic rings. The molecule has 0 bridgehead atoms. The first-order valence-corrected chi connectivity index (χ1v) is 6.76. The Labute approximate surface area is 101 Å². The van der Waals surface area contributed by atoms with Gasteiger partial charge >= 0.3 is 0 Å². The van der Waals surface area contributed by atoms with Crippen molar-refractivity contribution in [2.24, 2.45) is 17.8 Å². The molecule has 16 heavy (non-hydrogen) atoms. The van der Waals surface area contributed by atoms with Crippen LogP contribution in [-0.4, -0.2) is 19.0 Å². The zero-order valence-corrected chi connectivity index (χ0v) is 11.5. The molecule has 2 unspecified atom stereocenters. The molecule has 0 amide bonds. The maximum atomic E-state index is 5.92. The van der Waals surface area contributed by atoms with E-state index in [-0.39, 0.29) is 6.29 Å². The largest absolute Gasteiger partial charge is 0.352 e. The molecule has 2 heteroatoms. The van der Waals surface area contributed by atoms with Crippen LogP contribution >= 0.6 is 0 Å². The number of hydrogen-bond acceptors (Lipinski definition) is 2. The van der Waals surface area contributed by atoms with Crippen molar-refractivity contribution in [2.75, 3.05) is 6.61 Å². The maximum absolute atomic E-state index is 5.92. The van der Waals surface area contributed by atoms with Gasteiger partial charge in [-0.1, -0.05) is 27.7 Å². The second-order valence-electron chi connectivity index (χ2n) is 5.92. The minimum Gasteiger partial charge on any atom is -0.352 e. The van der Waals surface area contributed by atoms with Gasteiger partial charge in [-0.3, -0.25) is 0 Å². The van der Waals surface area contributed by atoms with Gasteiger partial charge in [0.2, 0.25) is 0 Å². The summed E-state index contributed by atoms with van der Waals surface area (Å²) >= 11 is 0. The SMILES string of the molecule is CC(C)CO[C@H]1CC(C(C)C)CCC(C)O1. The van der Waals surface area contributed by atoms with Crippen LogP contribution in [-0.2, 0) is 9.47 Å². The van der Waals surface area contributed by atoms with Crippen molar-refractivity contribution in [1.29, 1.82) is 0 Å². The molecule has 1 heterocycles. The van der Waals surface area contributed by atoms with Crippen molar-refractivity contribution in [3.63, 3.8) is 0 Å². The molecule has 0 N–H and O–H groups in total. The van der Waals surface area contributed by atoms with Crippen molar-refractivity contribution >= 4 is 0 Å². The summed E-state index contributed by atoms with van der Waals surface area (Å²) in [5, 5.41) is 0. The molecule has 1 aliphatic rings. The predicted molar refractivity (Wildman–Crippen MR) is 67.3 cm³/mol. The Morgan fingerprint density at radius 1 is 1.19 bits per heavy atom. The van der Waals surface area contributed by atoms with Crippen LogP contribution in [0, 0.1) is 17.8 Å². The molecule has 3 atom stereocenters. The van der Waals surface area contributed by atoms with Crippen LogP contribution < -0.4 is 0 Å². The van der Waals surface area contributed by atoms with Crippen LogP contribution in [0.3, 0.4) is 0 Å². The van der Waals surface area contributed by atoms with Gasteiger partial charge in [-0.15, -0.1) is 0 Å². The molecule has 0 saturated carbocycles.